The summed E-state index contributed by atoms with van der Waals surface area (Å²) < 4.78 is 11.7. The number of hydrogen-bond donors (Lipinski definition) is 1. The first-order valence-electron chi connectivity index (χ1n) is 12.5. The molecule has 3 aromatic rings. The summed E-state index contributed by atoms with van der Waals surface area (Å²) in [5.41, 5.74) is 6.01. The summed E-state index contributed by atoms with van der Waals surface area (Å²) in [4.78, 5) is 15.0. The smallest absolute Gasteiger partial charge is 0.223 e. The maximum Gasteiger partial charge on any atom is 0.223 e. The van der Waals surface area contributed by atoms with E-state index in [2.05, 4.69) is 92.5 Å². The lowest BCUT2D eigenvalue weighted by Crippen LogP contribution is -2.68. The van der Waals surface area contributed by atoms with E-state index in [-0.39, 0.29) is 11.3 Å². The van der Waals surface area contributed by atoms with E-state index in [1.165, 1.54) is 22.4 Å². The van der Waals surface area contributed by atoms with Gasteiger partial charge in [0.15, 0.2) is 11.5 Å². The minimum Gasteiger partial charge on any atom is -0.493 e. The van der Waals surface area contributed by atoms with Crippen molar-refractivity contribution in [3.05, 3.63) is 94.6 Å². The molecule has 0 saturated carbocycles. The molecule has 0 aliphatic carbocycles. The lowest BCUT2D eigenvalue weighted by atomic mass is 9.74. The molecule has 2 aliphatic heterocycles. The summed E-state index contributed by atoms with van der Waals surface area (Å²) in [5.74, 6) is 1.45. The van der Waals surface area contributed by atoms with Crippen LogP contribution in [0.5, 0.6) is 11.5 Å². The lowest BCUT2D eigenvalue weighted by molar-refractivity contribution is -0.124. The fourth-order valence-corrected chi connectivity index (χ4v) is 5.44. The van der Waals surface area contributed by atoms with Crippen LogP contribution in [-0.4, -0.2) is 25.2 Å². The molecule has 1 unspecified atom stereocenters. The molecule has 5 heteroatoms. The fourth-order valence-electron chi connectivity index (χ4n) is 5.44. The molecule has 0 bridgehead atoms. The summed E-state index contributed by atoms with van der Waals surface area (Å²) in [6.07, 6.45) is 4.70. The summed E-state index contributed by atoms with van der Waals surface area (Å²) in [7, 11) is 1.66. The molecule has 2 aliphatic rings. The average molecular weight is 483 g/mol. The number of nitrogens with zero attached hydrogens (tertiary/aromatic N) is 1. The molecular formula is C31H34N2O3. The van der Waals surface area contributed by atoms with Gasteiger partial charge in [-0.1, -0.05) is 73.5 Å². The zero-order chi connectivity index (χ0) is 25.5. The van der Waals surface area contributed by atoms with Crippen LogP contribution in [0, 0.1) is 13.8 Å². The van der Waals surface area contributed by atoms with Gasteiger partial charge in [-0.3, -0.25) is 4.79 Å². The third-order valence-electron chi connectivity index (χ3n) is 7.61. The van der Waals surface area contributed by atoms with Crippen molar-refractivity contribution in [1.29, 1.82) is 0 Å². The van der Waals surface area contributed by atoms with Gasteiger partial charge in [0, 0.05) is 24.1 Å². The van der Waals surface area contributed by atoms with Crippen LogP contribution in [0.3, 0.4) is 0 Å². The van der Waals surface area contributed by atoms with E-state index in [9.17, 15) is 4.79 Å². The van der Waals surface area contributed by atoms with Gasteiger partial charge in [0.05, 0.1) is 7.11 Å². The van der Waals surface area contributed by atoms with E-state index in [1.54, 1.807) is 7.11 Å². The number of carbonyl (C=O) groups excluding carboxylic acids is 1. The standard InChI is InChI=1S/C31H34N2O3/c1-21-6-9-24(10-7-21)20-36-27-13-11-23(19-28(27)35-5)14-16-31-30(3,4)25-18-22(2)8-12-26(25)33(31)17-15-29(34)32-31/h6-14,16,18-19H,15,17,20H2,1-5H3,(H,32,34)/b16-14+. The highest BCUT2D eigenvalue weighted by molar-refractivity contribution is 5.84. The lowest BCUT2D eigenvalue weighted by Gasteiger charge is -2.49. The number of amides is 1. The van der Waals surface area contributed by atoms with Crippen LogP contribution in [0.1, 0.15) is 48.1 Å². The number of benzene rings is 3. The van der Waals surface area contributed by atoms with Crippen LogP contribution in [-0.2, 0) is 16.8 Å². The molecule has 1 saturated heterocycles. The number of anilines is 1. The SMILES string of the molecule is COc1cc(/C=C/C23NC(=O)CCN2c2ccc(C)cc2C3(C)C)ccc1OCc1ccc(C)cc1. The molecule has 0 spiro atoms. The summed E-state index contributed by atoms with van der Waals surface area (Å²) in [6, 6.07) is 20.8. The van der Waals surface area contributed by atoms with Crippen LogP contribution >= 0.6 is 0 Å². The van der Waals surface area contributed by atoms with Crippen molar-refractivity contribution in [3.8, 4) is 11.5 Å². The monoisotopic (exact) mass is 482 g/mol. The van der Waals surface area contributed by atoms with Crippen molar-refractivity contribution in [2.75, 3.05) is 18.6 Å². The Morgan fingerprint density at radius 3 is 2.47 bits per heavy atom. The second-order valence-electron chi connectivity index (χ2n) is 10.4. The quantitative estimate of drug-likeness (QED) is 0.474. The molecule has 0 radical (unpaired) electrons. The predicted octanol–water partition coefficient (Wildman–Crippen LogP) is 5.92. The number of methoxy groups -OCH3 is 1. The van der Waals surface area contributed by atoms with E-state index >= 15 is 0 Å². The van der Waals surface area contributed by atoms with E-state index in [4.69, 9.17) is 9.47 Å². The molecular weight excluding hydrogens is 448 g/mol. The van der Waals surface area contributed by atoms with E-state index in [0.29, 0.717) is 31.1 Å². The third kappa shape index (κ3) is 4.02. The second-order valence-corrected chi connectivity index (χ2v) is 10.4. The van der Waals surface area contributed by atoms with Crippen molar-refractivity contribution >= 4 is 17.7 Å². The molecule has 0 aromatic heterocycles. The molecule has 1 amide bonds. The van der Waals surface area contributed by atoms with Gasteiger partial charge in [0.2, 0.25) is 5.91 Å². The summed E-state index contributed by atoms with van der Waals surface area (Å²) in [5, 5.41) is 3.35. The average Bonchev–Trinajstić information content (AvgIpc) is 3.05. The van der Waals surface area contributed by atoms with Gasteiger partial charge in [0.25, 0.3) is 0 Å². The molecule has 2 heterocycles. The van der Waals surface area contributed by atoms with Crippen molar-refractivity contribution < 1.29 is 14.3 Å². The number of carbonyl (C=O) groups is 1. The Balaban J connectivity index is 1.44. The van der Waals surface area contributed by atoms with Crippen molar-refractivity contribution in [2.45, 2.75) is 51.8 Å². The van der Waals surface area contributed by atoms with Crippen molar-refractivity contribution in [2.24, 2.45) is 0 Å². The third-order valence-corrected chi connectivity index (χ3v) is 7.61. The van der Waals surface area contributed by atoms with Gasteiger partial charge in [0.1, 0.15) is 12.3 Å². The zero-order valence-corrected chi connectivity index (χ0v) is 21.7. The number of fused-ring (bicyclic) bond motifs is 3. The van der Waals surface area contributed by atoms with Gasteiger partial charge < -0.3 is 19.7 Å². The first kappa shape index (κ1) is 24.0. The Bertz CT molecular complexity index is 1330. The molecule has 5 rings (SSSR count). The fraction of sp³-hybridized carbons (Fsp3) is 0.323. The van der Waals surface area contributed by atoms with Crippen LogP contribution < -0.4 is 19.7 Å². The van der Waals surface area contributed by atoms with Crippen LogP contribution in [0.2, 0.25) is 0 Å². The second kappa shape index (κ2) is 9.05. The summed E-state index contributed by atoms with van der Waals surface area (Å²) >= 11 is 0. The normalized spacial score (nSPS) is 20.1. The number of hydrogen-bond acceptors (Lipinski definition) is 4. The number of aryl methyl sites for hydroxylation is 2. The molecule has 5 nitrogen and oxygen atoms in total. The first-order chi connectivity index (χ1) is 17.2. The topological polar surface area (TPSA) is 50.8 Å². The molecule has 186 valence electrons. The van der Waals surface area contributed by atoms with Gasteiger partial charge in [-0.2, -0.15) is 0 Å². The minimum absolute atomic E-state index is 0.0749. The van der Waals surface area contributed by atoms with E-state index < -0.39 is 5.66 Å². The van der Waals surface area contributed by atoms with Gasteiger partial charge in [-0.05, 0) is 54.8 Å². The maximum atomic E-state index is 12.7. The van der Waals surface area contributed by atoms with Crippen molar-refractivity contribution in [3.63, 3.8) is 0 Å². The molecule has 1 atom stereocenters. The zero-order valence-electron chi connectivity index (χ0n) is 21.7. The number of nitrogens with one attached hydrogen (secondary N) is 1. The summed E-state index contributed by atoms with van der Waals surface area (Å²) in [6.45, 7) is 9.77. The highest BCUT2D eigenvalue weighted by Gasteiger charge is 2.57. The predicted molar refractivity (Wildman–Crippen MR) is 145 cm³/mol. The minimum atomic E-state index is -0.647. The van der Waals surface area contributed by atoms with Crippen molar-refractivity contribution in [1.82, 2.24) is 5.32 Å². The van der Waals surface area contributed by atoms with Gasteiger partial charge >= 0.3 is 0 Å². The highest BCUT2D eigenvalue weighted by atomic mass is 16.5. The van der Waals surface area contributed by atoms with Gasteiger partial charge in [-0.25, -0.2) is 0 Å². The molecule has 1 fully saturated rings. The molecule has 36 heavy (non-hydrogen) atoms. The Morgan fingerprint density at radius 1 is 0.972 bits per heavy atom. The molecule has 3 aromatic carbocycles. The largest absolute Gasteiger partial charge is 0.493 e. The first-order valence-corrected chi connectivity index (χ1v) is 12.5. The Morgan fingerprint density at radius 2 is 1.72 bits per heavy atom. The Kier molecular flexibility index (Phi) is 6.03. The molecule has 1 N–H and O–H groups in total. The van der Waals surface area contributed by atoms with E-state index in [1.807, 2.05) is 18.2 Å². The number of rotatable bonds is 6. The number of ether oxygens (including phenoxy) is 2. The highest BCUT2D eigenvalue weighted by Crippen LogP contribution is 2.52. The maximum absolute atomic E-state index is 12.7. The van der Waals surface area contributed by atoms with Gasteiger partial charge in [-0.15, -0.1) is 0 Å². The van der Waals surface area contributed by atoms with Crippen LogP contribution in [0.25, 0.3) is 6.08 Å². The Hall–Kier alpha value is -3.73. The van der Waals surface area contributed by atoms with E-state index in [0.717, 1.165) is 11.1 Å². The Labute approximate surface area is 213 Å². The van der Waals surface area contributed by atoms with Crippen LogP contribution in [0.15, 0.2) is 66.7 Å². The van der Waals surface area contributed by atoms with Crippen LogP contribution in [0.4, 0.5) is 5.69 Å².